The van der Waals surface area contributed by atoms with Crippen molar-refractivity contribution in [3.05, 3.63) is 23.9 Å². The summed E-state index contributed by atoms with van der Waals surface area (Å²) >= 11 is 0. The summed E-state index contributed by atoms with van der Waals surface area (Å²) in [5.41, 5.74) is 0.798. The fourth-order valence-electron chi connectivity index (χ4n) is 2.32. The molecule has 0 spiro atoms. The summed E-state index contributed by atoms with van der Waals surface area (Å²) in [6, 6.07) is 3.07. The molecule has 9 heteroatoms. The minimum atomic E-state index is -4.38. The van der Waals surface area contributed by atoms with E-state index < -0.39 is 12.8 Å². The van der Waals surface area contributed by atoms with Gasteiger partial charge in [0.05, 0.1) is 6.10 Å². The molecule has 0 saturated carbocycles. The van der Waals surface area contributed by atoms with Crippen molar-refractivity contribution in [2.24, 2.45) is 10.9 Å². The van der Waals surface area contributed by atoms with Gasteiger partial charge in [-0.3, -0.25) is 4.99 Å². The number of aromatic nitrogens is 1. The number of ether oxygens (including phenoxy) is 2. The fraction of sp³-hybridized carbons (Fsp3) is 0.667. The minimum Gasteiger partial charge on any atom is -0.468 e. The fourth-order valence-corrected chi connectivity index (χ4v) is 2.32. The average Bonchev–Trinajstić information content (AvgIpc) is 2.62. The van der Waals surface area contributed by atoms with E-state index in [-0.39, 0.29) is 12.0 Å². The number of rotatable bonds is 10. The molecule has 0 aliphatic carbocycles. The molecule has 1 aromatic rings. The molecule has 0 saturated heterocycles. The second-order valence-corrected chi connectivity index (χ2v) is 6.29. The Hall–Kier alpha value is -2.03. The minimum absolute atomic E-state index is 0.0609. The van der Waals surface area contributed by atoms with Crippen LogP contribution in [0.15, 0.2) is 23.3 Å². The van der Waals surface area contributed by atoms with E-state index in [1.807, 2.05) is 6.92 Å². The lowest BCUT2D eigenvalue weighted by atomic mass is 10.0. The van der Waals surface area contributed by atoms with Crippen LogP contribution in [0.5, 0.6) is 5.88 Å². The number of nitrogens with one attached hydrogen (secondary N) is 2. The Morgan fingerprint density at radius 2 is 2.00 bits per heavy atom. The maximum atomic E-state index is 12.1. The van der Waals surface area contributed by atoms with Gasteiger partial charge < -0.3 is 20.1 Å². The Kier molecular flexibility index (Phi) is 9.92. The molecular weight excluding hydrogens is 361 g/mol. The van der Waals surface area contributed by atoms with Gasteiger partial charge in [-0.2, -0.15) is 13.2 Å². The van der Waals surface area contributed by atoms with Crippen LogP contribution in [0.3, 0.4) is 0 Å². The Labute approximate surface area is 158 Å². The van der Waals surface area contributed by atoms with Crippen LogP contribution in [0.4, 0.5) is 13.2 Å². The van der Waals surface area contributed by atoms with Crippen LogP contribution in [0.1, 0.15) is 32.8 Å². The number of nitrogens with zero attached hydrogens (tertiary/aromatic N) is 2. The van der Waals surface area contributed by atoms with Gasteiger partial charge in [-0.05, 0) is 24.8 Å². The van der Waals surface area contributed by atoms with Crippen molar-refractivity contribution >= 4 is 5.96 Å². The molecule has 2 N–H and O–H groups in total. The highest BCUT2D eigenvalue weighted by Gasteiger charge is 2.28. The van der Waals surface area contributed by atoms with E-state index in [0.29, 0.717) is 31.6 Å². The van der Waals surface area contributed by atoms with Gasteiger partial charge in [0.1, 0.15) is 0 Å². The van der Waals surface area contributed by atoms with Crippen molar-refractivity contribution in [2.75, 3.05) is 26.8 Å². The molecule has 0 fully saturated rings. The first-order valence-corrected chi connectivity index (χ1v) is 8.95. The van der Waals surface area contributed by atoms with Crippen molar-refractivity contribution in [3.63, 3.8) is 0 Å². The van der Waals surface area contributed by atoms with E-state index in [1.165, 1.54) is 12.3 Å². The summed E-state index contributed by atoms with van der Waals surface area (Å²) in [6.07, 6.45) is -1.86. The summed E-state index contributed by atoms with van der Waals surface area (Å²) in [6.45, 7) is 6.72. The van der Waals surface area contributed by atoms with E-state index in [1.54, 1.807) is 13.1 Å². The number of hydrogen-bond acceptors (Lipinski definition) is 4. The molecule has 1 atom stereocenters. The van der Waals surface area contributed by atoms with E-state index >= 15 is 0 Å². The number of pyridine rings is 1. The van der Waals surface area contributed by atoms with Gasteiger partial charge in [-0.1, -0.05) is 19.9 Å². The highest BCUT2D eigenvalue weighted by atomic mass is 19.4. The van der Waals surface area contributed by atoms with Crippen molar-refractivity contribution < 1.29 is 22.6 Å². The maximum Gasteiger partial charge on any atom is 0.422 e. The number of guanidine groups is 1. The quantitative estimate of drug-likeness (QED) is 0.475. The van der Waals surface area contributed by atoms with E-state index in [4.69, 9.17) is 4.74 Å². The van der Waals surface area contributed by atoms with Gasteiger partial charge in [-0.15, -0.1) is 0 Å². The van der Waals surface area contributed by atoms with Crippen molar-refractivity contribution in [1.82, 2.24) is 15.6 Å². The highest BCUT2D eigenvalue weighted by molar-refractivity contribution is 5.79. The molecule has 0 aromatic carbocycles. The van der Waals surface area contributed by atoms with Crippen LogP contribution in [-0.4, -0.2) is 50.0 Å². The predicted octanol–water partition coefficient (Wildman–Crippen LogP) is 3.14. The van der Waals surface area contributed by atoms with Crippen molar-refractivity contribution in [2.45, 2.75) is 46.0 Å². The lowest BCUT2D eigenvalue weighted by Gasteiger charge is -2.21. The monoisotopic (exact) mass is 390 g/mol. The molecule has 1 unspecified atom stereocenters. The van der Waals surface area contributed by atoms with Gasteiger partial charge in [0.25, 0.3) is 0 Å². The van der Waals surface area contributed by atoms with Crippen LogP contribution in [0.2, 0.25) is 0 Å². The van der Waals surface area contributed by atoms with Gasteiger partial charge in [0.15, 0.2) is 12.6 Å². The van der Waals surface area contributed by atoms with Crippen LogP contribution >= 0.6 is 0 Å². The van der Waals surface area contributed by atoms with E-state index in [2.05, 4.69) is 39.2 Å². The summed E-state index contributed by atoms with van der Waals surface area (Å²) < 4.78 is 46.6. The smallest absolute Gasteiger partial charge is 0.422 e. The predicted molar refractivity (Wildman–Crippen MR) is 98.9 cm³/mol. The third kappa shape index (κ3) is 10.0. The molecule has 0 amide bonds. The largest absolute Gasteiger partial charge is 0.468 e. The molecule has 0 bridgehead atoms. The number of aliphatic imine (C=N–C) groups is 1. The number of hydrogen-bond donors (Lipinski definition) is 2. The standard InChI is InChI=1S/C18H29F3N4O2/c1-5-26-15(13(2)3)8-9-23-17(22-4)25-11-14-6-7-16(24-10-14)27-12-18(19,20)21/h6-7,10,13,15H,5,8-9,11-12H2,1-4H3,(H2,22,23,25). The third-order valence-corrected chi connectivity index (χ3v) is 3.71. The Morgan fingerprint density at radius 3 is 2.52 bits per heavy atom. The zero-order chi connectivity index (χ0) is 20.3. The van der Waals surface area contributed by atoms with E-state index in [0.717, 1.165) is 12.0 Å². The molecule has 1 heterocycles. The van der Waals surface area contributed by atoms with Crippen LogP contribution in [-0.2, 0) is 11.3 Å². The zero-order valence-electron chi connectivity index (χ0n) is 16.3. The lowest BCUT2D eigenvalue weighted by molar-refractivity contribution is -0.154. The molecule has 0 aliphatic rings. The van der Waals surface area contributed by atoms with E-state index in [9.17, 15) is 13.2 Å². The molecule has 154 valence electrons. The second-order valence-electron chi connectivity index (χ2n) is 6.29. The zero-order valence-corrected chi connectivity index (χ0v) is 16.3. The number of halogens is 3. The second kappa shape index (κ2) is 11.6. The number of alkyl halides is 3. The first-order chi connectivity index (χ1) is 12.7. The summed E-state index contributed by atoms with van der Waals surface area (Å²) in [4.78, 5) is 8.02. The molecule has 0 radical (unpaired) electrons. The average molecular weight is 390 g/mol. The van der Waals surface area contributed by atoms with Crippen molar-refractivity contribution in [3.8, 4) is 5.88 Å². The van der Waals surface area contributed by atoms with Crippen molar-refractivity contribution in [1.29, 1.82) is 0 Å². The van der Waals surface area contributed by atoms with Gasteiger partial charge in [-0.25, -0.2) is 4.98 Å². The summed E-state index contributed by atoms with van der Waals surface area (Å²) in [5, 5.41) is 6.35. The SMILES string of the molecule is CCOC(CCNC(=NC)NCc1ccc(OCC(F)(F)F)nc1)C(C)C. The van der Waals surface area contributed by atoms with Crippen LogP contribution in [0, 0.1) is 5.92 Å². The van der Waals surface area contributed by atoms with Crippen LogP contribution < -0.4 is 15.4 Å². The molecule has 6 nitrogen and oxygen atoms in total. The Bertz CT molecular complexity index is 563. The first kappa shape index (κ1) is 23.0. The van der Waals surface area contributed by atoms with Gasteiger partial charge in [0.2, 0.25) is 5.88 Å². The topological polar surface area (TPSA) is 67.8 Å². The molecule has 1 aromatic heterocycles. The highest BCUT2D eigenvalue weighted by Crippen LogP contribution is 2.17. The summed E-state index contributed by atoms with van der Waals surface area (Å²) in [7, 11) is 1.67. The van der Waals surface area contributed by atoms with Crippen LogP contribution in [0.25, 0.3) is 0 Å². The normalized spacial score (nSPS) is 13.6. The molecular formula is C18H29F3N4O2. The molecule has 0 aliphatic heterocycles. The Morgan fingerprint density at radius 1 is 1.26 bits per heavy atom. The summed E-state index contributed by atoms with van der Waals surface area (Å²) in [5.74, 6) is 1.01. The first-order valence-electron chi connectivity index (χ1n) is 8.95. The Balaban J connectivity index is 2.39. The van der Waals surface area contributed by atoms with Gasteiger partial charge >= 0.3 is 6.18 Å². The molecule has 27 heavy (non-hydrogen) atoms. The molecule has 1 rings (SSSR count). The van der Waals surface area contributed by atoms with Gasteiger partial charge in [0, 0.05) is 39.0 Å². The maximum absolute atomic E-state index is 12.1. The lowest BCUT2D eigenvalue weighted by Crippen LogP contribution is -2.38. The third-order valence-electron chi connectivity index (χ3n) is 3.71.